The van der Waals surface area contributed by atoms with Gasteiger partial charge in [-0.2, -0.15) is 0 Å². The maximum Gasteiger partial charge on any atom is 0.201 e. The van der Waals surface area contributed by atoms with Crippen molar-refractivity contribution >= 4 is 28.6 Å². The van der Waals surface area contributed by atoms with E-state index in [1.807, 2.05) is 18.2 Å². The van der Waals surface area contributed by atoms with Crippen LogP contribution in [0.15, 0.2) is 18.2 Å². The lowest BCUT2D eigenvalue weighted by Gasteiger charge is -2.23. The highest BCUT2D eigenvalue weighted by molar-refractivity contribution is 6.31. The van der Waals surface area contributed by atoms with Crippen LogP contribution >= 0.6 is 11.6 Å². The Hall–Kier alpha value is -1.26. The number of likely N-dealkylation sites (N-methyl/N-ethyl adjacent to an activating group) is 1. The molecule has 19 heavy (non-hydrogen) atoms. The Labute approximate surface area is 118 Å². The number of anilines is 1. The molecular weight excluding hydrogens is 260 g/mol. The average Bonchev–Trinajstić information content (AvgIpc) is 2.95. The van der Waals surface area contributed by atoms with Gasteiger partial charge in [0, 0.05) is 17.6 Å². The molecular formula is C14H19ClN4. The summed E-state index contributed by atoms with van der Waals surface area (Å²) in [4.78, 5) is 6.92. The van der Waals surface area contributed by atoms with E-state index in [4.69, 9.17) is 17.3 Å². The lowest BCUT2D eigenvalue weighted by atomic mass is 10.2. The molecule has 4 nitrogen and oxygen atoms in total. The first-order valence-corrected chi connectivity index (χ1v) is 7.22. The molecule has 2 N–H and O–H groups in total. The van der Waals surface area contributed by atoms with E-state index in [1.165, 1.54) is 19.4 Å². The summed E-state index contributed by atoms with van der Waals surface area (Å²) in [5, 5.41) is 0.702. The van der Waals surface area contributed by atoms with Crippen molar-refractivity contribution in [2.24, 2.45) is 0 Å². The van der Waals surface area contributed by atoms with Crippen LogP contribution in [0.1, 0.15) is 19.8 Å². The quantitative estimate of drug-likeness (QED) is 0.939. The highest BCUT2D eigenvalue weighted by Crippen LogP contribution is 2.25. The van der Waals surface area contributed by atoms with Crippen LogP contribution < -0.4 is 5.73 Å². The number of hydrogen-bond acceptors (Lipinski definition) is 3. The lowest BCUT2D eigenvalue weighted by molar-refractivity contribution is 0.246. The van der Waals surface area contributed by atoms with Crippen molar-refractivity contribution in [3.05, 3.63) is 23.2 Å². The minimum absolute atomic E-state index is 0.570. The van der Waals surface area contributed by atoms with Gasteiger partial charge in [-0.1, -0.05) is 18.5 Å². The first kappa shape index (κ1) is 12.8. The summed E-state index contributed by atoms with van der Waals surface area (Å²) in [6.45, 7) is 5.42. The first-order chi connectivity index (χ1) is 9.19. The molecule has 0 spiro atoms. The number of benzene rings is 1. The standard InChI is InChI=1S/C14H19ClN4/c1-2-18-7-3-4-11(18)9-19-13-6-5-10(15)8-12(13)17-14(19)16/h5-6,8,11H,2-4,7,9H2,1H3,(H2,16,17). The molecule has 3 rings (SSSR count). The molecule has 1 atom stereocenters. The Morgan fingerprint density at radius 2 is 2.32 bits per heavy atom. The summed E-state index contributed by atoms with van der Waals surface area (Å²) in [5.74, 6) is 0.584. The average molecular weight is 279 g/mol. The van der Waals surface area contributed by atoms with Gasteiger partial charge in [-0.05, 0) is 44.1 Å². The zero-order chi connectivity index (χ0) is 13.4. The highest BCUT2D eigenvalue weighted by atomic mass is 35.5. The molecule has 0 radical (unpaired) electrons. The molecule has 5 heteroatoms. The van der Waals surface area contributed by atoms with Crippen LogP contribution in [0.2, 0.25) is 5.02 Å². The van der Waals surface area contributed by atoms with Gasteiger partial charge in [0.05, 0.1) is 11.0 Å². The second-order valence-corrected chi connectivity index (χ2v) is 5.57. The van der Waals surface area contributed by atoms with Gasteiger partial charge < -0.3 is 10.3 Å². The number of fused-ring (bicyclic) bond motifs is 1. The predicted molar refractivity (Wildman–Crippen MR) is 79.4 cm³/mol. The van der Waals surface area contributed by atoms with Crippen molar-refractivity contribution in [3.63, 3.8) is 0 Å². The van der Waals surface area contributed by atoms with Gasteiger partial charge >= 0.3 is 0 Å². The summed E-state index contributed by atoms with van der Waals surface area (Å²) >= 11 is 6.00. The van der Waals surface area contributed by atoms with E-state index < -0.39 is 0 Å². The SMILES string of the molecule is CCN1CCCC1Cn1c(N)nc2cc(Cl)ccc21. The number of nitrogens with zero attached hydrogens (tertiary/aromatic N) is 3. The van der Waals surface area contributed by atoms with Gasteiger partial charge in [-0.3, -0.25) is 4.90 Å². The molecule has 0 saturated carbocycles. The van der Waals surface area contributed by atoms with Crippen LogP contribution in [0.4, 0.5) is 5.95 Å². The number of nitrogen functional groups attached to an aromatic ring is 1. The number of aromatic nitrogens is 2. The second kappa shape index (κ2) is 5.02. The number of imidazole rings is 1. The van der Waals surface area contributed by atoms with Crippen LogP contribution in [0.25, 0.3) is 11.0 Å². The molecule has 1 aliphatic heterocycles. The van der Waals surface area contributed by atoms with Gasteiger partial charge in [0.2, 0.25) is 5.95 Å². The minimum atomic E-state index is 0.570. The molecule has 1 unspecified atom stereocenters. The van der Waals surface area contributed by atoms with E-state index in [0.717, 1.165) is 24.1 Å². The molecule has 1 aromatic heterocycles. The van der Waals surface area contributed by atoms with Gasteiger partial charge in [0.25, 0.3) is 0 Å². The van der Waals surface area contributed by atoms with Gasteiger partial charge in [-0.25, -0.2) is 4.98 Å². The summed E-state index contributed by atoms with van der Waals surface area (Å²) in [7, 11) is 0. The molecule has 1 fully saturated rings. The monoisotopic (exact) mass is 278 g/mol. The largest absolute Gasteiger partial charge is 0.369 e. The van der Waals surface area contributed by atoms with Crippen molar-refractivity contribution in [2.75, 3.05) is 18.8 Å². The third-order valence-corrected chi connectivity index (χ3v) is 4.27. The molecule has 0 bridgehead atoms. The Morgan fingerprint density at radius 3 is 3.11 bits per heavy atom. The Kier molecular flexibility index (Phi) is 3.37. The van der Waals surface area contributed by atoms with Crippen molar-refractivity contribution in [1.29, 1.82) is 0 Å². The van der Waals surface area contributed by atoms with E-state index in [1.54, 1.807) is 0 Å². The molecule has 2 heterocycles. The van der Waals surface area contributed by atoms with Gasteiger partial charge in [-0.15, -0.1) is 0 Å². The van der Waals surface area contributed by atoms with Crippen LogP contribution in [0, 0.1) is 0 Å². The molecule has 1 aromatic carbocycles. The van der Waals surface area contributed by atoms with Crippen molar-refractivity contribution in [3.8, 4) is 0 Å². The van der Waals surface area contributed by atoms with Gasteiger partial charge in [0.1, 0.15) is 0 Å². The summed E-state index contributed by atoms with van der Waals surface area (Å²) in [6, 6.07) is 6.34. The fraction of sp³-hybridized carbons (Fsp3) is 0.500. The number of halogens is 1. The predicted octanol–water partition coefficient (Wildman–Crippen LogP) is 2.76. The van der Waals surface area contributed by atoms with Crippen LogP contribution in [0.5, 0.6) is 0 Å². The fourth-order valence-corrected chi connectivity index (χ4v) is 3.21. The smallest absolute Gasteiger partial charge is 0.201 e. The third kappa shape index (κ3) is 2.30. The fourth-order valence-electron chi connectivity index (χ4n) is 3.04. The van der Waals surface area contributed by atoms with E-state index in [2.05, 4.69) is 21.4 Å². The van der Waals surface area contributed by atoms with E-state index in [-0.39, 0.29) is 0 Å². The first-order valence-electron chi connectivity index (χ1n) is 6.84. The Balaban J connectivity index is 1.94. The molecule has 102 valence electrons. The Bertz CT molecular complexity index is 592. The lowest BCUT2D eigenvalue weighted by Crippen LogP contribution is -2.32. The van der Waals surface area contributed by atoms with Gasteiger partial charge in [0.15, 0.2) is 0 Å². The second-order valence-electron chi connectivity index (χ2n) is 5.14. The van der Waals surface area contributed by atoms with Crippen LogP contribution in [0.3, 0.4) is 0 Å². The topological polar surface area (TPSA) is 47.1 Å². The maximum absolute atomic E-state index is 6.06. The summed E-state index contributed by atoms with van der Waals surface area (Å²) in [5.41, 5.74) is 8.01. The molecule has 1 saturated heterocycles. The molecule has 0 amide bonds. The minimum Gasteiger partial charge on any atom is -0.369 e. The van der Waals surface area contributed by atoms with Crippen LogP contribution in [-0.2, 0) is 6.54 Å². The molecule has 2 aromatic rings. The zero-order valence-electron chi connectivity index (χ0n) is 11.1. The molecule has 0 aliphatic carbocycles. The number of likely N-dealkylation sites (tertiary alicyclic amines) is 1. The number of nitrogens with two attached hydrogens (primary N) is 1. The van der Waals surface area contributed by atoms with E-state index >= 15 is 0 Å². The van der Waals surface area contributed by atoms with Crippen molar-refractivity contribution in [2.45, 2.75) is 32.4 Å². The van der Waals surface area contributed by atoms with E-state index in [9.17, 15) is 0 Å². The van der Waals surface area contributed by atoms with Crippen molar-refractivity contribution in [1.82, 2.24) is 14.5 Å². The number of hydrogen-bond donors (Lipinski definition) is 1. The third-order valence-electron chi connectivity index (χ3n) is 4.04. The molecule has 1 aliphatic rings. The Morgan fingerprint density at radius 1 is 1.47 bits per heavy atom. The normalized spacial score (nSPS) is 20.4. The van der Waals surface area contributed by atoms with Crippen LogP contribution in [-0.4, -0.2) is 33.6 Å². The summed E-state index contributed by atoms with van der Waals surface area (Å²) in [6.07, 6.45) is 2.51. The number of rotatable bonds is 3. The highest BCUT2D eigenvalue weighted by Gasteiger charge is 2.24. The summed E-state index contributed by atoms with van der Waals surface area (Å²) < 4.78 is 2.12. The zero-order valence-corrected chi connectivity index (χ0v) is 11.9. The maximum atomic E-state index is 6.06. The van der Waals surface area contributed by atoms with Crippen molar-refractivity contribution < 1.29 is 0 Å². The van der Waals surface area contributed by atoms with E-state index in [0.29, 0.717) is 17.0 Å².